The Morgan fingerprint density at radius 1 is 0.815 bits per heavy atom. The van der Waals surface area contributed by atoms with Crippen molar-refractivity contribution >= 4 is 15.9 Å². The number of hydrogen-bond donors (Lipinski definition) is 2. The molecule has 6 nitrogen and oxygen atoms in total. The first-order valence-electron chi connectivity index (χ1n) is 8.50. The summed E-state index contributed by atoms with van der Waals surface area (Å²) in [4.78, 5) is 17.5. The van der Waals surface area contributed by atoms with Gasteiger partial charge in [-0.15, -0.1) is 0 Å². The van der Waals surface area contributed by atoms with Crippen molar-refractivity contribution in [3.8, 4) is 11.5 Å². The van der Waals surface area contributed by atoms with Gasteiger partial charge >= 0.3 is 15.9 Å². The molecule has 0 aromatic heterocycles. The van der Waals surface area contributed by atoms with Gasteiger partial charge in [0.05, 0.1) is 5.66 Å². The largest absolute Gasteiger partial charge is 0.418 e. The Hall–Kier alpha value is -1.65. The van der Waals surface area contributed by atoms with Gasteiger partial charge in [0.15, 0.2) is 0 Å². The fraction of sp³-hybridized carbons (Fsp3) is 0.333. The minimum atomic E-state index is -3.74. The highest BCUT2D eigenvalue weighted by atomic mass is 31.2. The molecule has 1 fully saturated rings. The second-order valence-corrected chi connectivity index (χ2v) is 8.78. The average molecular weight is 418 g/mol. The average Bonchev–Trinajstić information content (AvgIpc) is 2.64. The summed E-state index contributed by atoms with van der Waals surface area (Å²) >= 11 is 0. The maximum Gasteiger partial charge on any atom is 0.418 e. The number of para-hydroxylation sites is 2. The molecule has 0 unspecified atom stereocenters. The van der Waals surface area contributed by atoms with Crippen LogP contribution in [0.4, 0.5) is 4.70 Å². The third-order valence-corrected chi connectivity index (χ3v) is 6.21. The van der Waals surface area contributed by atoms with Crippen LogP contribution in [0.25, 0.3) is 0 Å². The van der Waals surface area contributed by atoms with E-state index in [2.05, 4.69) is 0 Å². The molecule has 9 heteroatoms. The number of hydrogen-bond acceptors (Lipinski definition) is 4. The van der Waals surface area contributed by atoms with Crippen molar-refractivity contribution < 1.29 is 32.7 Å². The van der Waals surface area contributed by atoms with Gasteiger partial charge in [0.25, 0.3) is 0 Å². The van der Waals surface area contributed by atoms with Crippen molar-refractivity contribution in [2.75, 3.05) is 0 Å². The van der Waals surface area contributed by atoms with Crippen LogP contribution < -0.4 is 9.05 Å². The first kappa shape index (κ1) is 23.4. The highest BCUT2D eigenvalue weighted by Gasteiger charge is 2.29. The van der Waals surface area contributed by atoms with Gasteiger partial charge in [-0.3, -0.25) is 9.27 Å². The molecule has 0 heterocycles. The maximum absolute atomic E-state index is 11.5. The lowest BCUT2D eigenvalue weighted by Gasteiger charge is -2.21. The molecule has 2 aromatic carbocycles. The lowest BCUT2D eigenvalue weighted by molar-refractivity contribution is 0.337. The van der Waals surface area contributed by atoms with Crippen LogP contribution in [0.2, 0.25) is 0 Å². The molecule has 1 aliphatic carbocycles. The lowest BCUT2D eigenvalue weighted by atomic mass is 10.0. The summed E-state index contributed by atoms with van der Waals surface area (Å²) in [5.74, 6) is 1.09. The third-order valence-electron chi connectivity index (χ3n) is 3.94. The minimum Gasteiger partial charge on any atom is -0.418 e. The first-order chi connectivity index (χ1) is 12.4. The molecule has 150 valence electrons. The van der Waals surface area contributed by atoms with E-state index in [1.54, 1.807) is 24.3 Å². The van der Waals surface area contributed by atoms with E-state index in [-0.39, 0.29) is 10.4 Å². The maximum atomic E-state index is 11.5. The van der Waals surface area contributed by atoms with Gasteiger partial charge in [-0.1, -0.05) is 55.7 Å². The number of rotatable bonds is 5. The Morgan fingerprint density at radius 2 is 1.22 bits per heavy atom. The van der Waals surface area contributed by atoms with Crippen molar-refractivity contribution in [1.82, 2.24) is 0 Å². The van der Waals surface area contributed by atoms with Gasteiger partial charge in [-0.2, -0.15) is 0 Å². The summed E-state index contributed by atoms with van der Waals surface area (Å²) in [7, 11) is -6.29. The van der Waals surface area contributed by atoms with E-state index in [9.17, 15) is 9.13 Å². The van der Waals surface area contributed by atoms with Crippen LogP contribution in [0.15, 0.2) is 60.7 Å². The predicted octanol–water partition coefficient (Wildman–Crippen LogP) is 5.18. The molecule has 0 aliphatic heterocycles. The fourth-order valence-electron chi connectivity index (χ4n) is 2.61. The molecule has 2 N–H and O–H groups in total. The molecule has 0 spiro atoms. The molecule has 0 atom stereocenters. The van der Waals surface area contributed by atoms with Gasteiger partial charge in [-0.25, -0.2) is 4.57 Å². The number of halogens is 1. The van der Waals surface area contributed by atoms with Crippen LogP contribution in [-0.4, -0.2) is 15.4 Å². The van der Waals surface area contributed by atoms with Crippen LogP contribution in [0.1, 0.15) is 32.1 Å². The van der Waals surface area contributed by atoms with E-state index in [0.717, 1.165) is 19.3 Å². The molecule has 1 saturated carbocycles. The van der Waals surface area contributed by atoms with E-state index in [4.69, 9.17) is 18.8 Å². The van der Waals surface area contributed by atoms with Gasteiger partial charge in [0.2, 0.25) is 0 Å². The zero-order valence-corrected chi connectivity index (χ0v) is 16.7. The minimum absolute atomic E-state index is 0. The van der Waals surface area contributed by atoms with Crippen LogP contribution in [0.3, 0.4) is 0 Å². The molecule has 2 aromatic rings. The number of benzene rings is 2. The molecule has 0 bridgehead atoms. The van der Waals surface area contributed by atoms with E-state index in [0.29, 0.717) is 24.3 Å². The van der Waals surface area contributed by atoms with Gasteiger partial charge < -0.3 is 18.8 Å². The smallest absolute Gasteiger partial charge is 0.418 e. The van der Waals surface area contributed by atoms with E-state index in [1.165, 1.54) is 0 Å². The third kappa shape index (κ3) is 9.21. The molecule has 0 amide bonds. The van der Waals surface area contributed by atoms with Crippen LogP contribution in [-0.2, 0) is 9.13 Å². The van der Waals surface area contributed by atoms with E-state index < -0.39 is 15.9 Å². The van der Waals surface area contributed by atoms with Gasteiger partial charge in [-0.05, 0) is 37.1 Å². The van der Waals surface area contributed by atoms with E-state index >= 15 is 0 Å². The second kappa shape index (κ2) is 11.9. The Morgan fingerprint density at radius 3 is 1.56 bits per heavy atom. The zero-order chi connectivity index (χ0) is 18.8. The van der Waals surface area contributed by atoms with Gasteiger partial charge in [0, 0.05) is 0 Å². The van der Waals surface area contributed by atoms with Crippen molar-refractivity contribution in [3.63, 3.8) is 0 Å². The van der Waals surface area contributed by atoms with Crippen molar-refractivity contribution in [2.45, 2.75) is 37.8 Å². The zero-order valence-electron chi connectivity index (χ0n) is 14.8. The summed E-state index contributed by atoms with van der Waals surface area (Å²) in [6.07, 6.45) is 4.52. The van der Waals surface area contributed by atoms with Crippen molar-refractivity contribution in [2.24, 2.45) is 0 Å². The Kier molecular flexibility index (Phi) is 10.3. The Balaban J connectivity index is 0.000000288. The molecule has 0 radical (unpaired) electrons. The van der Waals surface area contributed by atoms with Crippen LogP contribution >= 0.6 is 15.9 Å². The first-order valence-corrected chi connectivity index (χ1v) is 11.4. The highest BCUT2D eigenvalue weighted by Crippen LogP contribution is 2.47. The molecule has 3 rings (SSSR count). The quantitative estimate of drug-likeness (QED) is 0.650. The van der Waals surface area contributed by atoms with Crippen LogP contribution in [0.5, 0.6) is 11.5 Å². The molecule has 0 saturated heterocycles. The Labute approximate surface area is 159 Å². The van der Waals surface area contributed by atoms with Crippen molar-refractivity contribution in [3.05, 3.63) is 60.7 Å². The SMILES string of the molecule is F.O=P(O)(O)C1CCCCC1.O=[PH](Oc1ccccc1)Oc1ccccc1. The van der Waals surface area contributed by atoms with E-state index in [1.807, 2.05) is 36.4 Å². The normalized spacial score (nSPS) is 14.5. The standard InChI is InChI=1S/C12H11O3P.C6H13O3P.FH/c13-16(14-11-7-3-1-4-8-11)15-12-9-5-2-6-10-12;7-10(8,9)6-4-2-1-3-5-6;/h1-10,16H;6H,1-5H2,(H2,7,8,9);1H. The lowest BCUT2D eigenvalue weighted by Crippen LogP contribution is -2.12. The molecular formula is C18H25FO6P2. The van der Waals surface area contributed by atoms with Crippen molar-refractivity contribution in [1.29, 1.82) is 0 Å². The monoisotopic (exact) mass is 418 g/mol. The second-order valence-electron chi connectivity index (χ2n) is 5.96. The summed E-state index contributed by atoms with van der Waals surface area (Å²) in [5, 5.41) is 0. The van der Waals surface area contributed by atoms with Crippen LogP contribution in [0, 0.1) is 0 Å². The summed E-state index contributed by atoms with van der Waals surface area (Å²) in [5.41, 5.74) is -0.332. The molecular weight excluding hydrogens is 393 g/mol. The molecule has 1 aliphatic rings. The van der Waals surface area contributed by atoms with Gasteiger partial charge in [0.1, 0.15) is 11.5 Å². The predicted molar refractivity (Wildman–Crippen MR) is 105 cm³/mol. The summed E-state index contributed by atoms with van der Waals surface area (Å²) in [6, 6.07) is 17.9. The summed E-state index contributed by atoms with van der Waals surface area (Å²) in [6.45, 7) is 0. The highest BCUT2D eigenvalue weighted by molar-refractivity contribution is 7.52. The fourth-order valence-corrected chi connectivity index (χ4v) is 4.34. The summed E-state index contributed by atoms with van der Waals surface area (Å²) < 4.78 is 32.5. The Bertz CT molecular complexity index is 674. The molecule has 27 heavy (non-hydrogen) atoms. The topological polar surface area (TPSA) is 93.1 Å².